The quantitative estimate of drug-likeness (QED) is 0.0217. The predicted octanol–water partition coefficient (Wildman–Crippen LogP) is -2.70. The SMILES string of the molecule is CC[C@H](C)[C@@H]1NC(=O)[C@@H](CCCN=C(N)N)NC(=O)[C@H](CC(C)C)NC(=O)[C@H]([C@H](O)C(C)C)NC(=O)[C@@H](NC(=O)[C@H](CC(C)C)NC(=O)[C@@H](CC2CCCC2)NC(=O)OC(C)(C)C)[C@@H](c2ccccc2)OC(=O)[C@H](CO)NC(=O)[C@H]([C@H](O)C(N)=O)NC(=O)CNC(=O)[C@H]([C@H](C)O)NC1=O.O=C(O)C(F)(F)F. The molecule has 1 aliphatic heterocycles. The second kappa shape index (κ2) is 43.8. The normalized spacial score (nSPS) is 23.7. The van der Waals surface area contributed by atoms with Gasteiger partial charge in [-0.05, 0) is 95.0 Å². The fourth-order valence-electron chi connectivity index (χ4n) is 10.9. The molecule has 2 fully saturated rings. The number of guanidine groups is 1. The van der Waals surface area contributed by atoms with Gasteiger partial charge in [0, 0.05) is 6.54 Å². The number of aliphatic imine (C=N–C) groups is 1. The number of halogens is 3. The number of rotatable bonds is 24. The molecule has 36 nitrogen and oxygen atoms in total. The Bertz CT molecular complexity index is 3190. The number of carbonyl (C=O) groups is 14. The lowest BCUT2D eigenvalue weighted by Crippen LogP contribution is -2.64. The molecule has 598 valence electrons. The molecule has 0 bridgehead atoms. The van der Waals surface area contributed by atoms with E-state index in [-0.39, 0.29) is 62.5 Å². The van der Waals surface area contributed by atoms with E-state index in [1.54, 1.807) is 62.3 Å². The van der Waals surface area contributed by atoms with Gasteiger partial charge in [0.15, 0.2) is 24.2 Å². The number of hydrogen-bond acceptors (Lipinski definition) is 21. The van der Waals surface area contributed by atoms with Gasteiger partial charge >= 0.3 is 24.2 Å². The number of alkyl halides is 3. The summed E-state index contributed by atoms with van der Waals surface area (Å²) >= 11 is 0. The molecule has 0 aromatic heterocycles. The molecule has 1 aromatic rings. The molecule has 1 saturated carbocycles. The van der Waals surface area contributed by atoms with Crippen molar-refractivity contribution in [1.29, 1.82) is 0 Å². The number of primary amides is 1. The number of cyclic esters (lactones) is 1. The maximum absolute atomic E-state index is 15.6. The summed E-state index contributed by atoms with van der Waals surface area (Å²) in [5, 5.41) is 78.4. The van der Waals surface area contributed by atoms with Crippen LogP contribution < -0.4 is 75.7 Å². The van der Waals surface area contributed by atoms with Crippen molar-refractivity contribution in [2.75, 3.05) is 19.7 Å². The minimum absolute atomic E-state index is 0.00732. The van der Waals surface area contributed by atoms with Crippen LogP contribution >= 0.6 is 0 Å². The van der Waals surface area contributed by atoms with Crippen LogP contribution in [0.2, 0.25) is 0 Å². The highest BCUT2D eigenvalue weighted by atomic mass is 19.4. The number of alkyl carbamates (subject to hydrolysis) is 1. The van der Waals surface area contributed by atoms with Gasteiger partial charge in [-0.15, -0.1) is 0 Å². The Morgan fingerprint density at radius 1 is 0.660 bits per heavy atom. The lowest BCUT2D eigenvalue weighted by atomic mass is 9.95. The lowest BCUT2D eigenvalue weighted by Gasteiger charge is -2.34. The van der Waals surface area contributed by atoms with Gasteiger partial charge in [0.05, 0.1) is 25.4 Å². The highest BCUT2D eigenvalue weighted by Crippen LogP contribution is 2.30. The number of carbonyl (C=O) groups excluding carboxylic acids is 13. The number of nitrogens with one attached hydrogen (secondary N) is 11. The largest absolute Gasteiger partial charge is 0.490 e. The average Bonchev–Trinajstić information content (AvgIpc) is 0.814. The van der Waals surface area contributed by atoms with Crippen LogP contribution in [0.1, 0.15) is 159 Å². The first-order chi connectivity index (χ1) is 49.2. The van der Waals surface area contributed by atoms with Gasteiger partial charge in [-0.25, -0.2) is 14.4 Å². The molecule has 39 heteroatoms. The molecule has 1 aromatic carbocycles. The number of benzene rings is 1. The molecule has 0 unspecified atom stereocenters. The van der Waals surface area contributed by atoms with E-state index in [4.69, 9.17) is 36.6 Å². The molecule has 1 heterocycles. The Balaban J connectivity index is 0.00000517. The van der Waals surface area contributed by atoms with Crippen molar-refractivity contribution in [1.82, 2.24) is 58.5 Å². The van der Waals surface area contributed by atoms with Crippen LogP contribution in [0, 0.1) is 29.6 Å². The van der Waals surface area contributed by atoms with Crippen LogP contribution in [-0.2, 0) is 71.8 Å². The van der Waals surface area contributed by atoms with Crippen LogP contribution in [0.3, 0.4) is 0 Å². The summed E-state index contributed by atoms with van der Waals surface area (Å²) in [6, 6.07) is -11.3. The molecule has 15 atom stereocenters. The fourth-order valence-corrected chi connectivity index (χ4v) is 10.9. The molecular formula is C67H108F3N15O21. The van der Waals surface area contributed by atoms with E-state index >= 15 is 14.4 Å². The number of aliphatic hydroxyl groups excluding tert-OH is 4. The molecule has 0 radical (unpaired) electrons. The zero-order valence-electron chi connectivity index (χ0n) is 61.6. The Morgan fingerprint density at radius 3 is 1.71 bits per heavy atom. The van der Waals surface area contributed by atoms with E-state index in [0.717, 1.165) is 32.6 Å². The van der Waals surface area contributed by atoms with Crippen molar-refractivity contribution >= 4 is 89.0 Å². The number of ether oxygens (including phenoxy) is 2. The molecule has 2 aliphatic rings. The molecule has 12 amide bonds. The van der Waals surface area contributed by atoms with E-state index in [9.17, 15) is 81.5 Å². The summed E-state index contributed by atoms with van der Waals surface area (Å²) < 4.78 is 43.2. The number of carboxylic acid groups (broad SMARTS) is 1. The summed E-state index contributed by atoms with van der Waals surface area (Å²) in [4.78, 5) is 199. The first-order valence-corrected chi connectivity index (χ1v) is 34.8. The summed E-state index contributed by atoms with van der Waals surface area (Å²) in [6.07, 6.45) is -11.1. The van der Waals surface area contributed by atoms with Crippen molar-refractivity contribution < 1.29 is 115 Å². The molecule has 106 heavy (non-hydrogen) atoms. The van der Waals surface area contributed by atoms with Crippen molar-refractivity contribution in [3.8, 4) is 0 Å². The third-order valence-corrected chi connectivity index (χ3v) is 16.7. The summed E-state index contributed by atoms with van der Waals surface area (Å²) in [7, 11) is 0. The highest BCUT2D eigenvalue weighted by Gasteiger charge is 2.45. The third-order valence-electron chi connectivity index (χ3n) is 16.7. The van der Waals surface area contributed by atoms with Gasteiger partial charge in [-0.2, -0.15) is 13.2 Å². The minimum atomic E-state index is -5.08. The number of nitrogens with two attached hydrogens (primary N) is 3. The Labute approximate surface area is 612 Å². The number of amides is 12. The summed E-state index contributed by atoms with van der Waals surface area (Å²) in [5.74, 6) is -20.4. The van der Waals surface area contributed by atoms with Gasteiger partial charge in [0.1, 0.15) is 60.0 Å². The minimum Gasteiger partial charge on any atom is -0.475 e. The number of carboxylic acids is 1. The molecule has 3 rings (SSSR count). The fraction of sp³-hybridized carbons (Fsp3) is 0.687. The summed E-state index contributed by atoms with van der Waals surface area (Å²) in [5.41, 5.74) is 15.4. The van der Waals surface area contributed by atoms with Gasteiger partial charge in [0.25, 0.3) is 0 Å². The standard InChI is InChI=1S/C65H107N15O19.C2HF3O2/c1-13-34(8)44-58(92)78-45(35(9)82)57(91)70-29-43(83)76-47(50(85)52(66)86)60(94)74-42(30-81)62(96)98-51(37-22-15-14-16-23-37)48(80-56(90)40(27-32(4)5)72-55(89)41(28-36-20-17-18-21-36)75-64(97)99-65(10,11)12)61(95)79-46(49(84)33(6)7)59(93)73-39(26-31(2)3)54(88)71-38(53(87)77-44)24-19-25-69-63(67)68;3-2(4,5)1(6)7/h14-16,22-23,31-36,38-42,44-51,81-82,84-85H,13,17-21,24-30H2,1-12H3,(H2,66,86)(H,70,91)(H,71,88)(H,72,89)(H,73,93)(H,74,94)(H,75,97)(H,76,83)(H,77,87)(H,78,92)(H,79,95)(H,80,90)(H4,67,68,69);(H,6,7)/t34-,35-,38+,39-,40-,41+,42-,44-,45-,46-,47-,48-,49+,50-,51+;/m0./s1. The third kappa shape index (κ3) is 32.1. The molecule has 0 spiro atoms. The Morgan fingerprint density at radius 2 is 1.20 bits per heavy atom. The Hall–Kier alpha value is -9.50. The zero-order valence-corrected chi connectivity index (χ0v) is 61.6. The molecule has 1 aliphatic carbocycles. The van der Waals surface area contributed by atoms with Crippen LogP contribution in [0.4, 0.5) is 18.0 Å². The van der Waals surface area contributed by atoms with E-state index < -0.39 is 216 Å². The second-order valence-electron chi connectivity index (χ2n) is 28.2. The van der Waals surface area contributed by atoms with E-state index in [1.165, 1.54) is 44.2 Å². The number of esters is 1. The molecular weight excluding hydrogens is 1410 g/mol. The van der Waals surface area contributed by atoms with Crippen LogP contribution in [0.25, 0.3) is 0 Å². The van der Waals surface area contributed by atoms with Crippen molar-refractivity contribution in [2.24, 2.45) is 51.8 Å². The second-order valence-corrected chi connectivity index (χ2v) is 28.2. The van der Waals surface area contributed by atoms with Crippen molar-refractivity contribution in [3.63, 3.8) is 0 Å². The van der Waals surface area contributed by atoms with E-state index in [2.05, 4.69) is 52.8 Å². The lowest BCUT2D eigenvalue weighted by molar-refractivity contribution is -0.192. The maximum Gasteiger partial charge on any atom is 0.490 e. The predicted molar refractivity (Wildman–Crippen MR) is 372 cm³/mol. The average molecular weight is 1520 g/mol. The van der Waals surface area contributed by atoms with E-state index in [0.29, 0.717) is 0 Å². The first-order valence-electron chi connectivity index (χ1n) is 34.8. The van der Waals surface area contributed by atoms with Gasteiger partial charge in [-0.3, -0.25) is 57.7 Å². The zero-order chi connectivity index (χ0) is 80.8. The number of aliphatic hydroxyl groups is 4. The smallest absolute Gasteiger partial charge is 0.475 e. The molecule has 22 N–H and O–H groups in total. The number of nitrogens with zero attached hydrogens (tertiary/aromatic N) is 1. The number of aliphatic carboxylic acids is 1. The van der Waals surface area contributed by atoms with Crippen molar-refractivity contribution in [2.45, 2.75) is 244 Å². The Kier molecular flexibility index (Phi) is 38.3. The van der Waals surface area contributed by atoms with Crippen molar-refractivity contribution in [3.05, 3.63) is 35.9 Å². The van der Waals surface area contributed by atoms with Gasteiger partial charge in [-0.1, -0.05) is 118 Å². The van der Waals surface area contributed by atoms with Crippen LogP contribution in [0.5, 0.6) is 0 Å². The van der Waals surface area contributed by atoms with Gasteiger partial charge < -0.3 is 111 Å². The van der Waals surface area contributed by atoms with Crippen LogP contribution in [-0.4, -0.2) is 225 Å². The first kappa shape index (κ1) is 92.6. The molecule has 1 saturated heterocycles. The number of hydrogen-bond donors (Lipinski definition) is 19. The van der Waals surface area contributed by atoms with Gasteiger partial charge in [0.2, 0.25) is 65.0 Å². The highest BCUT2D eigenvalue weighted by molar-refractivity contribution is 6.00. The monoisotopic (exact) mass is 1520 g/mol. The maximum atomic E-state index is 15.6. The summed E-state index contributed by atoms with van der Waals surface area (Å²) in [6.45, 7) is 16.5. The topological polar surface area (TPSA) is 581 Å². The van der Waals surface area contributed by atoms with E-state index in [1.807, 2.05) is 10.6 Å². The van der Waals surface area contributed by atoms with Crippen LogP contribution in [0.15, 0.2) is 35.3 Å².